The number of amides is 3. The number of imide groups is 1. The molecule has 0 bridgehead atoms. The van der Waals surface area contributed by atoms with Crippen molar-refractivity contribution in [1.29, 1.82) is 0 Å². The largest absolute Gasteiger partial charge is 0.467 e. The summed E-state index contributed by atoms with van der Waals surface area (Å²) < 4.78 is 5.38. The third kappa shape index (κ3) is 4.20. The van der Waals surface area contributed by atoms with E-state index in [2.05, 4.69) is 0 Å². The van der Waals surface area contributed by atoms with Crippen molar-refractivity contribution in [3.63, 3.8) is 0 Å². The maximum atomic E-state index is 12.8. The van der Waals surface area contributed by atoms with Gasteiger partial charge >= 0.3 is 0 Å². The molecule has 6 nitrogen and oxygen atoms in total. The summed E-state index contributed by atoms with van der Waals surface area (Å²) in [5.41, 5.74) is 1.91. The number of rotatable bonds is 7. The summed E-state index contributed by atoms with van der Waals surface area (Å²) in [6, 6.07) is 11.3. The second-order valence-electron chi connectivity index (χ2n) is 6.44. The summed E-state index contributed by atoms with van der Waals surface area (Å²) in [6.07, 6.45) is 2.85. The minimum Gasteiger partial charge on any atom is -0.467 e. The van der Waals surface area contributed by atoms with E-state index < -0.39 is 0 Å². The van der Waals surface area contributed by atoms with E-state index in [1.165, 1.54) is 4.90 Å². The average molecular weight is 354 g/mol. The molecule has 0 N–H and O–H groups in total. The van der Waals surface area contributed by atoms with Gasteiger partial charge in [0.25, 0.3) is 0 Å². The maximum absolute atomic E-state index is 12.8. The smallest absolute Gasteiger partial charge is 0.229 e. The van der Waals surface area contributed by atoms with Crippen LogP contribution >= 0.6 is 0 Å². The third-order valence-corrected chi connectivity index (χ3v) is 4.47. The summed E-state index contributed by atoms with van der Waals surface area (Å²) in [7, 11) is 0. The molecule has 6 heteroatoms. The Labute approximate surface area is 152 Å². The van der Waals surface area contributed by atoms with E-state index in [1.807, 2.05) is 37.3 Å². The van der Waals surface area contributed by atoms with Crippen LogP contribution in [0.3, 0.4) is 0 Å². The van der Waals surface area contributed by atoms with Crippen LogP contribution in [0.2, 0.25) is 0 Å². The molecule has 26 heavy (non-hydrogen) atoms. The normalized spacial score (nSPS) is 14.1. The second-order valence-corrected chi connectivity index (χ2v) is 6.44. The molecule has 1 aromatic carbocycles. The number of furan rings is 1. The van der Waals surface area contributed by atoms with Crippen LogP contribution in [0.1, 0.15) is 37.0 Å². The zero-order valence-corrected chi connectivity index (χ0v) is 14.8. The van der Waals surface area contributed by atoms with Crippen molar-refractivity contribution in [2.45, 2.75) is 39.2 Å². The Bertz CT molecular complexity index is 765. The second kappa shape index (κ2) is 7.99. The molecule has 1 saturated heterocycles. The van der Waals surface area contributed by atoms with Crippen LogP contribution in [0, 0.1) is 6.92 Å². The fourth-order valence-corrected chi connectivity index (χ4v) is 3.00. The molecule has 2 aromatic rings. The first-order valence-electron chi connectivity index (χ1n) is 8.77. The molecule has 0 spiro atoms. The van der Waals surface area contributed by atoms with Gasteiger partial charge in [0.05, 0.1) is 12.8 Å². The highest BCUT2D eigenvalue weighted by Gasteiger charge is 2.28. The SMILES string of the molecule is Cc1ccc(N(Cc2ccco2)C(=O)CCCN2C(=O)CCC2=O)cc1. The third-order valence-electron chi connectivity index (χ3n) is 4.47. The van der Waals surface area contributed by atoms with Crippen molar-refractivity contribution in [1.82, 2.24) is 4.90 Å². The molecular formula is C20H22N2O4. The lowest BCUT2D eigenvalue weighted by atomic mass is 10.2. The maximum Gasteiger partial charge on any atom is 0.229 e. The molecule has 3 amide bonds. The van der Waals surface area contributed by atoms with Crippen LogP contribution in [0.15, 0.2) is 47.1 Å². The Morgan fingerprint density at radius 3 is 2.42 bits per heavy atom. The lowest BCUT2D eigenvalue weighted by molar-refractivity contribution is -0.138. The molecule has 0 unspecified atom stereocenters. The molecule has 136 valence electrons. The summed E-state index contributed by atoms with van der Waals surface area (Å²) in [5.74, 6) is 0.343. The summed E-state index contributed by atoms with van der Waals surface area (Å²) >= 11 is 0. The summed E-state index contributed by atoms with van der Waals surface area (Å²) in [6.45, 7) is 2.63. The van der Waals surface area contributed by atoms with Gasteiger partial charge in [0, 0.05) is 31.5 Å². The number of anilines is 1. The number of benzene rings is 1. The summed E-state index contributed by atoms with van der Waals surface area (Å²) in [4.78, 5) is 39.0. The van der Waals surface area contributed by atoms with Gasteiger partial charge in [0.2, 0.25) is 17.7 Å². The van der Waals surface area contributed by atoms with Crippen molar-refractivity contribution >= 4 is 23.4 Å². The quantitative estimate of drug-likeness (QED) is 0.717. The van der Waals surface area contributed by atoms with E-state index in [0.29, 0.717) is 25.3 Å². The number of likely N-dealkylation sites (tertiary alicyclic amines) is 1. The minimum absolute atomic E-state index is 0.0654. The van der Waals surface area contributed by atoms with Gasteiger partial charge in [-0.05, 0) is 37.6 Å². The topological polar surface area (TPSA) is 70.8 Å². The van der Waals surface area contributed by atoms with Gasteiger partial charge < -0.3 is 9.32 Å². The van der Waals surface area contributed by atoms with E-state index in [4.69, 9.17) is 4.42 Å². The molecule has 1 aliphatic heterocycles. The van der Waals surface area contributed by atoms with Crippen LogP contribution in [0.25, 0.3) is 0 Å². The number of nitrogens with zero attached hydrogens (tertiary/aromatic N) is 2. The lowest BCUT2D eigenvalue weighted by Crippen LogP contribution is -2.33. The molecule has 3 rings (SSSR count). The Kier molecular flexibility index (Phi) is 5.51. The highest BCUT2D eigenvalue weighted by atomic mass is 16.3. The van der Waals surface area contributed by atoms with Crippen molar-refractivity contribution < 1.29 is 18.8 Å². The fourth-order valence-electron chi connectivity index (χ4n) is 3.00. The van der Waals surface area contributed by atoms with Crippen LogP contribution in [-0.2, 0) is 20.9 Å². The predicted octanol–water partition coefficient (Wildman–Crippen LogP) is 3.05. The first-order valence-corrected chi connectivity index (χ1v) is 8.77. The van der Waals surface area contributed by atoms with Crippen molar-refractivity contribution in [3.8, 4) is 0 Å². The molecule has 0 aliphatic carbocycles. The predicted molar refractivity (Wildman–Crippen MR) is 96.3 cm³/mol. The van der Waals surface area contributed by atoms with Gasteiger partial charge in [-0.15, -0.1) is 0 Å². The van der Waals surface area contributed by atoms with Gasteiger partial charge in [0.15, 0.2) is 0 Å². The van der Waals surface area contributed by atoms with Gasteiger partial charge in [-0.1, -0.05) is 17.7 Å². The van der Waals surface area contributed by atoms with E-state index in [-0.39, 0.29) is 37.0 Å². The highest BCUT2D eigenvalue weighted by molar-refractivity contribution is 6.02. The fraction of sp³-hybridized carbons (Fsp3) is 0.350. The van der Waals surface area contributed by atoms with Gasteiger partial charge in [-0.2, -0.15) is 0 Å². The molecule has 1 aliphatic rings. The first kappa shape index (κ1) is 17.9. The molecule has 1 fully saturated rings. The van der Waals surface area contributed by atoms with Gasteiger partial charge in [0.1, 0.15) is 5.76 Å². The minimum atomic E-state index is -0.145. The standard InChI is InChI=1S/C20H22N2O4/c1-15-6-8-16(9-7-15)22(14-17-4-3-13-26-17)18(23)5-2-12-21-19(24)10-11-20(21)25/h3-4,6-9,13H,2,5,10-12,14H2,1H3. The number of hydrogen-bond acceptors (Lipinski definition) is 4. The molecule has 2 heterocycles. The zero-order valence-electron chi connectivity index (χ0n) is 14.8. The monoisotopic (exact) mass is 354 g/mol. The van der Waals surface area contributed by atoms with Crippen LogP contribution in [0.4, 0.5) is 5.69 Å². The van der Waals surface area contributed by atoms with Gasteiger partial charge in [-0.25, -0.2) is 0 Å². The van der Waals surface area contributed by atoms with E-state index in [1.54, 1.807) is 17.2 Å². The Morgan fingerprint density at radius 1 is 1.12 bits per heavy atom. The molecule has 0 saturated carbocycles. The van der Waals surface area contributed by atoms with Crippen molar-refractivity contribution in [2.24, 2.45) is 0 Å². The average Bonchev–Trinajstić information content (AvgIpc) is 3.25. The van der Waals surface area contributed by atoms with E-state index in [9.17, 15) is 14.4 Å². The lowest BCUT2D eigenvalue weighted by Gasteiger charge is -2.23. The van der Waals surface area contributed by atoms with Crippen molar-refractivity contribution in [2.75, 3.05) is 11.4 Å². The number of carbonyl (C=O) groups excluding carboxylic acids is 3. The highest BCUT2D eigenvalue weighted by Crippen LogP contribution is 2.20. The van der Waals surface area contributed by atoms with Crippen LogP contribution < -0.4 is 4.90 Å². The van der Waals surface area contributed by atoms with Crippen LogP contribution in [-0.4, -0.2) is 29.2 Å². The molecule has 1 aromatic heterocycles. The van der Waals surface area contributed by atoms with Crippen molar-refractivity contribution in [3.05, 3.63) is 54.0 Å². The van der Waals surface area contributed by atoms with Crippen LogP contribution in [0.5, 0.6) is 0 Å². The molecule has 0 atom stereocenters. The summed E-state index contributed by atoms with van der Waals surface area (Å²) in [5, 5.41) is 0. The first-order chi connectivity index (χ1) is 12.5. The number of carbonyl (C=O) groups is 3. The molecular weight excluding hydrogens is 332 g/mol. The number of aryl methyl sites for hydroxylation is 1. The molecule has 0 radical (unpaired) electrons. The van der Waals surface area contributed by atoms with E-state index >= 15 is 0 Å². The Hall–Kier alpha value is -2.89. The van der Waals surface area contributed by atoms with Gasteiger partial charge in [-0.3, -0.25) is 19.3 Å². The van der Waals surface area contributed by atoms with E-state index in [0.717, 1.165) is 11.3 Å². The Balaban J connectivity index is 1.65. The Morgan fingerprint density at radius 2 is 1.81 bits per heavy atom. The number of hydrogen-bond donors (Lipinski definition) is 0. The zero-order chi connectivity index (χ0) is 18.5.